The fraction of sp³-hybridized carbons (Fsp3) is 0.556. The second-order valence-electron chi connectivity index (χ2n) is 35.1. The third-order valence-electron chi connectivity index (χ3n) is 25.8. The van der Waals surface area contributed by atoms with E-state index in [1.54, 1.807) is 56.4 Å². The lowest BCUT2D eigenvalue weighted by atomic mass is 9.45. The van der Waals surface area contributed by atoms with Crippen LogP contribution in [0, 0.1) is 58.2 Å². The molecule has 3 amide bonds. The molecule has 0 radical (unpaired) electrons. The van der Waals surface area contributed by atoms with Gasteiger partial charge < -0.3 is 76.3 Å². The molecule has 18 atom stereocenters. The zero-order valence-electron chi connectivity index (χ0n) is 70.4. The lowest BCUT2D eigenvalue weighted by molar-refractivity contribution is -0.183. The maximum absolute atomic E-state index is 14.4. The van der Waals surface area contributed by atoms with Crippen LogP contribution in [-0.4, -0.2) is 227 Å². The Balaban J connectivity index is 0.000000214. The number of ether oxygens (including phenoxy) is 2. The molecule has 4 bridgehead atoms. The van der Waals surface area contributed by atoms with Gasteiger partial charge in [-0.1, -0.05) is 125 Å². The van der Waals surface area contributed by atoms with Gasteiger partial charge in [-0.3, -0.25) is 24.1 Å². The number of methoxy groups -OCH3 is 2. The van der Waals surface area contributed by atoms with Gasteiger partial charge in [0, 0.05) is 127 Å². The van der Waals surface area contributed by atoms with Crippen LogP contribution in [0.5, 0.6) is 11.5 Å². The van der Waals surface area contributed by atoms with Crippen molar-refractivity contribution in [2.45, 2.75) is 168 Å². The molecule has 6 saturated carbocycles. The van der Waals surface area contributed by atoms with E-state index in [0.29, 0.717) is 109 Å². The topological polar surface area (TPSA) is 288 Å². The molecule has 2 aliphatic heterocycles. The van der Waals surface area contributed by atoms with Crippen LogP contribution in [0.4, 0.5) is 11.4 Å². The molecule has 0 aromatic heterocycles. The minimum atomic E-state index is -1.06. The van der Waals surface area contributed by atoms with Crippen LogP contribution < -0.4 is 41.0 Å². The van der Waals surface area contributed by atoms with Gasteiger partial charge in [-0.25, -0.2) is 4.79 Å². The number of carboxylic acids is 1. The maximum atomic E-state index is 14.4. The first kappa shape index (κ1) is 89.9. The van der Waals surface area contributed by atoms with E-state index in [-0.39, 0.29) is 84.6 Å². The number of hydrogen-bond acceptors (Lipinski definition) is 19. The summed E-state index contributed by atoms with van der Waals surface area (Å²) in [6.45, 7) is 17.9. The molecule has 0 spiro atoms. The number of carbonyl (C=O) groups is 4. The number of carbonyl (C=O) groups excluding carboxylic acids is 3. The van der Waals surface area contributed by atoms with Crippen molar-refractivity contribution in [1.82, 2.24) is 35.9 Å². The molecule has 10 N–H and O–H groups in total. The molecule has 8 fully saturated rings. The summed E-state index contributed by atoms with van der Waals surface area (Å²) in [6, 6.07) is 36.7. The standard InChI is InChI=1S/C45H62ClN5O6.C34H46ClN3O7.C11H18N2/c1-26-36-21-31(45(36,3)4)22-38(26)48-44(55)41-40(27(2)53)39(25-52)57-51(41)24-35-37(46)16-15-34(42(35)56-9)29-18-30(20-33(19-29)50(7)8)43(54)47-32(23-49(5)6)17-28-13-11-10-12-14-28;1-17-25-13-21(34(25,3)4)14-27(17)36-32(41)30-29(18(2)40)28(16-39)45-38(30)15-24-26(35)9-8-23(31(24)44-7)19-10-20(33(42)43)12-22(11-19)37(5)6;1-13(2)9-11(12)8-10-6-4-3-5-7-10/h10-16,18-20,26-27,31-32,36,38-41,52-53H,17,21-25H2,1-9H3,(H,47,54)(H,48,55);8-12,17-18,21,25,27-30,39-40H,13-16H2,1-7H3,(H,36,41)(H,42,43);3-7,11H,8-9,12H2,1-2H3/t26-,27-,31+,32-,36-,38-,39-,40+,41-;17-,18-,21+,25-,27-,28-,29+,30-;11-/m000/s1. The van der Waals surface area contributed by atoms with Crippen LogP contribution in [0.2, 0.25) is 10.0 Å². The predicted molar refractivity (Wildman–Crippen MR) is 454 cm³/mol. The highest BCUT2D eigenvalue weighted by atomic mass is 35.5. The molecule has 14 rings (SSSR count). The molecule has 6 aromatic carbocycles. The third kappa shape index (κ3) is 20.5. The van der Waals surface area contributed by atoms with E-state index >= 15 is 0 Å². The number of anilines is 2. The number of hydrogen-bond donors (Lipinski definition) is 9. The predicted octanol–water partition coefficient (Wildman–Crippen LogP) is 11.2. The van der Waals surface area contributed by atoms with Crippen LogP contribution in [0.1, 0.15) is 124 Å². The SMILES string of the molecule is CN(C)C[C@@H](N)Cc1ccccc1.COc1c(-c2cc(C(=O)N[C@@H](Cc3ccccc3)CN(C)C)cc(N(C)C)c2)ccc(Cl)c1CN1O[C@@H](CO)[C@@H]([C@H](C)O)[C@H]1C(=O)N[C@H]1C[C@H]2C[C@@H]([C@@H]1C)C2(C)C.COc1c(-c2cc(C(=O)O)cc(N(C)C)c2)ccc(Cl)c1CN1O[C@@H](CO)[C@@H]([C@H](C)O)[C@H]1C(=O)N[C@H]1C[C@H]2C[C@@H]([C@@H]1C)C2(C)C. The quantitative estimate of drug-likeness (QED) is 0.0211. The van der Waals surface area contributed by atoms with Gasteiger partial charge in [-0.15, -0.1) is 0 Å². The number of hydroxylamine groups is 4. The summed E-state index contributed by atoms with van der Waals surface area (Å²) in [5.74, 6) is 0.525. The van der Waals surface area contributed by atoms with Crippen LogP contribution in [0.25, 0.3) is 22.3 Å². The van der Waals surface area contributed by atoms with E-state index in [2.05, 4.69) is 104 Å². The molecule has 115 heavy (non-hydrogen) atoms. The molecule has 6 aliphatic carbocycles. The number of nitrogens with two attached hydrogens (primary N) is 1. The highest BCUT2D eigenvalue weighted by Gasteiger charge is 2.59. The number of nitrogens with one attached hydrogen (secondary N) is 3. The van der Waals surface area contributed by atoms with Crippen molar-refractivity contribution in [2.75, 3.05) is 107 Å². The van der Waals surface area contributed by atoms with Crippen molar-refractivity contribution in [3.05, 3.63) is 165 Å². The van der Waals surface area contributed by atoms with Crippen molar-refractivity contribution in [1.29, 1.82) is 0 Å². The van der Waals surface area contributed by atoms with Gasteiger partial charge in [0.05, 0.1) is 58.3 Å². The Morgan fingerprint density at radius 1 is 0.574 bits per heavy atom. The summed E-state index contributed by atoms with van der Waals surface area (Å²) in [4.78, 5) is 74.9. The van der Waals surface area contributed by atoms with Gasteiger partial charge in [0.2, 0.25) is 11.8 Å². The fourth-order valence-corrected chi connectivity index (χ4v) is 19.6. The number of aliphatic hydroxyl groups is 4. The van der Waals surface area contributed by atoms with Crippen LogP contribution >= 0.6 is 23.2 Å². The van der Waals surface area contributed by atoms with Crippen molar-refractivity contribution in [2.24, 2.45) is 63.9 Å². The summed E-state index contributed by atoms with van der Waals surface area (Å²) >= 11 is 13.7. The van der Waals surface area contributed by atoms with Gasteiger partial charge in [0.25, 0.3) is 5.91 Å². The summed E-state index contributed by atoms with van der Waals surface area (Å²) in [7, 11) is 18.7. The Bertz CT molecular complexity index is 4300. The normalized spacial score (nSPS) is 26.1. The highest BCUT2D eigenvalue weighted by molar-refractivity contribution is 6.32. The fourth-order valence-electron chi connectivity index (χ4n) is 19.2. The largest absolute Gasteiger partial charge is 0.496 e. The smallest absolute Gasteiger partial charge is 0.335 e. The van der Waals surface area contributed by atoms with Crippen molar-refractivity contribution < 1.29 is 63.9 Å². The molecular weight excluding hydrogens is 1500 g/mol. The van der Waals surface area contributed by atoms with E-state index < -0.39 is 54.3 Å². The Morgan fingerprint density at radius 3 is 1.33 bits per heavy atom. The molecule has 2 saturated heterocycles. The number of rotatable bonds is 29. The number of aliphatic hydroxyl groups excluding tert-OH is 4. The molecule has 25 heteroatoms. The number of amides is 3. The maximum Gasteiger partial charge on any atom is 0.335 e. The van der Waals surface area contributed by atoms with E-state index in [1.807, 2.05) is 121 Å². The van der Waals surface area contributed by atoms with Crippen molar-refractivity contribution >= 4 is 58.3 Å². The van der Waals surface area contributed by atoms with Crippen LogP contribution in [0.3, 0.4) is 0 Å². The van der Waals surface area contributed by atoms with Crippen LogP contribution in [-0.2, 0) is 45.2 Å². The first-order chi connectivity index (χ1) is 54.4. The van der Waals surface area contributed by atoms with Gasteiger partial charge in [0.1, 0.15) is 35.8 Å². The second kappa shape index (κ2) is 38.5. The second-order valence-corrected chi connectivity index (χ2v) is 36.0. The Kier molecular flexibility index (Phi) is 30.1. The minimum Gasteiger partial charge on any atom is -0.496 e. The summed E-state index contributed by atoms with van der Waals surface area (Å²) in [5.41, 5.74) is 14.9. The van der Waals surface area contributed by atoms with E-state index in [1.165, 1.54) is 30.6 Å². The van der Waals surface area contributed by atoms with Crippen molar-refractivity contribution in [3.8, 4) is 33.8 Å². The lowest BCUT2D eigenvalue weighted by Gasteiger charge is -2.62. The zero-order valence-corrected chi connectivity index (χ0v) is 72.0. The van der Waals surface area contributed by atoms with Gasteiger partial charge in [0.15, 0.2) is 0 Å². The van der Waals surface area contributed by atoms with E-state index in [0.717, 1.165) is 42.6 Å². The average Bonchev–Trinajstić information content (AvgIpc) is 1.60. The first-order valence-corrected chi connectivity index (χ1v) is 41.3. The van der Waals surface area contributed by atoms with Crippen LogP contribution in [0.15, 0.2) is 121 Å². The monoisotopic (exact) mass is 1620 g/mol. The number of fused-ring (bicyclic) bond motifs is 4. The number of carboxylic acid groups (broad SMARTS) is 1. The Morgan fingerprint density at radius 2 is 0.974 bits per heavy atom. The van der Waals surface area contributed by atoms with Gasteiger partial charge >= 0.3 is 5.97 Å². The minimum absolute atomic E-state index is 0.00673. The molecular formula is C90H126Cl2N10O13. The van der Waals surface area contributed by atoms with E-state index in [9.17, 15) is 44.7 Å². The van der Waals surface area contributed by atoms with Gasteiger partial charge in [-0.05, 0) is 210 Å². The number of nitrogens with zero attached hydrogens (tertiary/aromatic N) is 6. The zero-order chi connectivity index (χ0) is 84.0. The first-order valence-electron chi connectivity index (χ1n) is 40.5. The molecule has 0 unspecified atom stereocenters. The molecule has 2 heterocycles. The number of aromatic carboxylic acids is 1. The Labute approximate surface area is 691 Å². The number of likely N-dealkylation sites (N-methyl/N-ethyl adjacent to an activating group) is 2. The average molecular weight is 1630 g/mol. The molecule has 628 valence electrons. The molecule has 23 nitrogen and oxygen atoms in total. The molecule has 8 aliphatic rings. The summed E-state index contributed by atoms with van der Waals surface area (Å²) in [6.07, 6.45) is 2.33. The lowest BCUT2D eigenvalue weighted by Crippen LogP contribution is -2.62. The third-order valence-corrected chi connectivity index (χ3v) is 26.5. The highest BCUT2D eigenvalue weighted by Crippen LogP contribution is 2.62. The molecule has 6 aromatic rings. The summed E-state index contributed by atoms with van der Waals surface area (Å²) < 4.78 is 12.0. The van der Waals surface area contributed by atoms with Crippen molar-refractivity contribution in [3.63, 3.8) is 0 Å². The summed E-state index contributed by atoms with van der Waals surface area (Å²) in [5, 5.41) is 66.0. The number of benzene rings is 6. The van der Waals surface area contributed by atoms with E-state index in [4.69, 9.17) is 48.1 Å². The Hall–Kier alpha value is -7.46. The van der Waals surface area contributed by atoms with Gasteiger partial charge in [-0.2, -0.15) is 10.1 Å². The number of halogens is 2.